The van der Waals surface area contributed by atoms with Gasteiger partial charge in [0.25, 0.3) is 0 Å². The van der Waals surface area contributed by atoms with Crippen LogP contribution < -0.4 is 4.74 Å². The first kappa shape index (κ1) is 13.6. The molecule has 0 aliphatic heterocycles. The third-order valence-electron chi connectivity index (χ3n) is 2.16. The number of nitrogens with zero attached hydrogens (tertiary/aromatic N) is 4. The van der Waals surface area contributed by atoms with E-state index in [0.29, 0.717) is 24.2 Å². The minimum Gasteiger partial charge on any atom is -0.478 e. The van der Waals surface area contributed by atoms with Crippen molar-refractivity contribution in [1.29, 1.82) is 0 Å². The molecule has 0 N–H and O–H groups in total. The number of pyridine rings is 1. The number of halogens is 1. The first-order valence-corrected chi connectivity index (χ1v) is 5.97. The highest BCUT2D eigenvalue weighted by Crippen LogP contribution is 2.12. The average Bonchev–Trinajstić information content (AvgIpc) is 2.33. The van der Waals surface area contributed by atoms with Crippen molar-refractivity contribution in [2.24, 2.45) is 5.11 Å². The molecule has 0 spiro atoms. The summed E-state index contributed by atoms with van der Waals surface area (Å²) >= 11 is 5.73. The third kappa shape index (κ3) is 6.66. The van der Waals surface area contributed by atoms with E-state index in [0.717, 1.165) is 25.7 Å². The Morgan fingerprint density at radius 2 is 2.12 bits per heavy atom. The molecule has 0 amide bonds. The van der Waals surface area contributed by atoms with Gasteiger partial charge in [-0.05, 0) is 24.4 Å². The fraction of sp³-hybridized carbons (Fsp3) is 0.545. The molecular weight excluding hydrogens is 240 g/mol. The zero-order valence-corrected chi connectivity index (χ0v) is 10.3. The van der Waals surface area contributed by atoms with Crippen molar-refractivity contribution in [3.05, 3.63) is 33.8 Å². The zero-order chi connectivity index (χ0) is 12.3. The van der Waals surface area contributed by atoms with Crippen LogP contribution >= 0.6 is 11.6 Å². The average molecular weight is 255 g/mol. The summed E-state index contributed by atoms with van der Waals surface area (Å²) in [6, 6.07) is 5.31. The Hall–Kier alpha value is -1.45. The maximum atomic E-state index is 8.08. The molecule has 0 unspecified atom stereocenters. The van der Waals surface area contributed by atoms with Crippen molar-refractivity contribution < 1.29 is 4.74 Å². The van der Waals surface area contributed by atoms with Gasteiger partial charge in [0.2, 0.25) is 5.88 Å². The van der Waals surface area contributed by atoms with Crippen LogP contribution in [0.3, 0.4) is 0 Å². The number of rotatable bonds is 8. The van der Waals surface area contributed by atoms with Crippen molar-refractivity contribution in [3.8, 4) is 5.88 Å². The Morgan fingerprint density at radius 1 is 1.29 bits per heavy atom. The third-order valence-corrected chi connectivity index (χ3v) is 2.37. The van der Waals surface area contributed by atoms with Gasteiger partial charge in [0, 0.05) is 17.5 Å². The van der Waals surface area contributed by atoms with Crippen molar-refractivity contribution in [2.75, 3.05) is 13.2 Å². The van der Waals surface area contributed by atoms with Crippen molar-refractivity contribution in [3.63, 3.8) is 0 Å². The lowest BCUT2D eigenvalue weighted by atomic mass is 10.2. The zero-order valence-electron chi connectivity index (χ0n) is 9.55. The number of hydrogen-bond donors (Lipinski definition) is 0. The molecule has 1 aromatic rings. The number of hydrogen-bond acceptors (Lipinski definition) is 3. The van der Waals surface area contributed by atoms with Gasteiger partial charge < -0.3 is 4.74 Å². The van der Waals surface area contributed by atoms with E-state index in [1.807, 2.05) is 6.07 Å². The van der Waals surface area contributed by atoms with Gasteiger partial charge in [0.1, 0.15) is 5.15 Å². The lowest BCUT2D eigenvalue weighted by Gasteiger charge is -2.04. The van der Waals surface area contributed by atoms with E-state index < -0.39 is 0 Å². The van der Waals surface area contributed by atoms with Crippen molar-refractivity contribution >= 4 is 11.6 Å². The first-order chi connectivity index (χ1) is 8.33. The van der Waals surface area contributed by atoms with Gasteiger partial charge in [-0.25, -0.2) is 4.98 Å². The summed E-state index contributed by atoms with van der Waals surface area (Å²) in [7, 11) is 0. The van der Waals surface area contributed by atoms with Gasteiger partial charge in [-0.3, -0.25) is 0 Å². The molecule has 5 nitrogen and oxygen atoms in total. The highest BCUT2D eigenvalue weighted by Gasteiger charge is 1.96. The first-order valence-electron chi connectivity index (χ1n) is 5.59. The molecule has 1 rings (SSSR count). The Kier molecular flexibility index (Phi) is 6.95. The topological polar surface area (TPSA) is 70.9 Å². The smallest absolute Gasteiger partial charge is 0.214 e. The van der Waals surface area contributed by atoms with Gasteiger partial charge in [-0.15, -0.1) is 0 Å². The molecule has 0 aromatic carbocycles. The van der Waals surface area contributed by atoms with E-state index in [4.69, 9.17) is 21.9 Å². The monoisotopic (exact) mass is 254 g/mol. The van der Waals surface area contributed by atoms with Crippen LogP contribution in [0.25, 0.3) is 10.4 Å². The molecular formula is C11H15ClN4O. The molecule has 1 heterocycles. The van der Waals surface area contributed by atoms with Gasteiger partial charge in [0.05, 0.1) is 6.61 Å². The molecule has 0 aliphatic rings. The number of unbranched alkanes of at least 4 members (excludes halogenated alkanes) is 3. The lowest BCUT2D eigenvalue weighted by Crippen LogP contribution is -1.99. The molecule has 0 fully saturated rings. The van der Waals surface area contributed by atoms with Gasteiger partial charge >= 0.3 is 0 Å². The number of ether oxygens (including phenoxy) is 1. The second kappa shape index (κ2) is 8.67. The predicted molar refractivity (Wildman–Crippen MR) is 67.2 cm³/mol. The van der Waals surface area contributed by atoms with Gasteiger partial charge in [0.15, 0.2) is 0 Å². The molecule has 0 atom stereocenters. The fourth-order valence-electron chi connectivity index (χ4n) is 1.33. The van der Waals surface area contributed by atoms with Crippen LogP contribution in [0.15, 0.2) is 23.3 Å². The number of azide groups is 1. The molecule has 0 saturated heterocycles. The predicted octanol–water partition coefficient (Wildman–Crippen LogP) is 3.98. The van der Waals surface area contributed by atoms with Crippen molar-refractivity contribution in [1.82, 2.24) is 4.98 Å². The van der Waals surface area contributed by atoms with Crippen LogP contribution in [-0.4, -0.2) is 18.1 Å². The largest absolute Gasteiger partial charge is 0.478 e. The Labute approximate surface area is 105 Å². The van der Waals surface area contributed by atoms with E-state index >= 15 is 0 Å². The SMILES string of the molecule is [N-]=[N+]=NCCCCCCOc1cccc(Cl)n1. The van der Waals surface area contributed by atoms with Crippen LogP contribution in [0.4, 0.5) is 0 Å². The highest BCUT2D eigenvalue weighted by atomic mass is 35.5. The molecule has 92 valence electrons. The minimum absolute atomic E-state index is 0.442. The minimum atomic E-state index is 0.442. The fourth-order valence-corrected chi connectivity index (χ4v) is 1.49. The summed E-state index contributed by atoms with van der Waals surface area (Å²) in [6.07, 6.45) is 4.00. The van der Waals surface area contributed by atoms with E-state index in [9.17, 15) is 0 Å². The van der Waals surface area contributed by atoms with E-state index in [1.54, 1.807) is 12.1 Å². The van der Waals surface area contributed by atoms with Gasteiger partial charge in [-0.1, -0.05) is 35.6 Å². The maximum Gasteiger partial charge on any atom is 0.214 e. The molecule has 1 aromatic heterocycles. The maximum absolute atomic E-state index is 8.08. The van der Waals surface area contributed by atoms with Crippen LogP contribution in [0.5, 0.6) is 5.88 Å². The number of aromatic nitrogens is 1. The second-order valence-corrected chi connectivity index (χ2v) is 3.90. The molecule has 0 saturated carbocycles. The summed E-state index contributed by atoms with van der Waals surface area (Å²) in [6.45, 7) is 1.21. The summed E-state index contributed by atoms with van der Waals surface area (Å²) < 4.78 is 5.44. The molecule has 0 radical (unpaired) electrons. The highest BCUT2D eigenvalue weighted by molar-refractivity contribution is 6.29. The lowest BCUT2D eigenvalue weighted by molar-refractivity contribution is 0.293. The Morgan fingerprint density at radius 3 is 2.88 bits per heavy atom. The normalized spacial score (nSPS) is 9.71. The Balaban J connectivity index is 2.02. The summed E-state index contributed by atoms with van der Waals surface area (Å²) in [5.41, 5.74) is 8.08. The van der Waals surface area contributed by atoms with E-state index in [-0.39, 0.29) is 0 Å². The van der Waals surface area contributed by atoms with Crippen molar-refractivity contribution in [2.45, 2.75) is 25.7 Å². The Bertz CT molecular complexity index is 379. The summed E-state index contributed by atoms with van der Waals surface area (Å²) in [5.74, 6) is 0.562. The standard InChI is InChI=1S/C11H15ClN4O/c12-10-6-5-7-11(15-10)17-9-4-2-1-3-8-14-16-13/h5-7H,1-4,8-9H2. The molecule has 0 aliphatic carbocycles. The van der Waals surface area contributed by atoms with Crippen LogP contribution in [0.2, 0.25) is 5.15 Å². The van der Waals surface area contributed by atoms with Crippen LogP contribution in [0, 0.1) is 0 Å². The van der Waals surface area contributed by atoms with Crippen LogP contribution in [-0.2, 0) is 0 Å². The molecule has 6 heteroatoms. The van der Waals surface area contributed by atoms with Crippen LogP contribution in [0.1, 0.15) is 25.7 Å². The quantitative estimate of drug-likeness (QED) is 0.231. The summed E-state index contributed by atoms with van der Waals surface area (Å²) in [5, 5.41) is 3.91. The molecule has 17 heavy (non-hydrogen) atoms. The second-order valence-electron chi connectivity index (χ2n) is 3.52. The summed E-state index contributed by atoms with van der Waals surface area (Å²) in [4.78, 5) is 6.72. The molecule has 0 bridgehead atoms. The van der Waals surface area contributed by atoms with E-state index in [1.165, 1.54) is 0 Å². The van der Waals surface area contributed by atoms with Gasteiger partial charge in [-0.2, -0.15) is 0 Å². The van der Waals surface area contributed by atoms with E-state index in [2.05, 4.69) is 15.0 Å².